The lowest BCUT2D eigenvalue weighted by Gasteiger charge is -1.83. The van der Waals surface area contributed by atoms with Crippen LogP contribution in [0.1, 0.15) is 0 Å². The first-order chi connectivity index (χ1) is 4.97. The van der Waals surface area contributed by atoms with Gasteiger partial charge in [-0.05, 0) is 12.1 Å². The van der Waals surface area contributed by atoms with Gasteiger partial charge in [0.15, 0.2) is 12.0 Å². The van der Waals surface area contributed by atoms with Crippen molar-refractivity contribution in [3.8, 4) is 11.5 Å². The van der Waals surface area contributed by atoms with E-state index in [2.05, 4.69) is 11.2 Å². The molecule has 2 aromatic heterocycles. The SMILES string of the molecule is [c]1ccc(-c2cscn2)o1. The molecule has 0 fully saturated rings. The summed E-state index contributed by atoms with van der Waals surface area (Å²) in [6.45, 7) is 0. The topological polar surface area (TPSA) is 26.0 Å². The minimum absolute atomic E-state index is 0.779. The van der Waals surface area contributed by atoms with Gasteiger partial charge in [-0.25, -0.2) is 4.98 Å². The maximum Gasteiger partial charge on any atom is 0.170 e. The Bertz CT molecular complexity index is 253. The Kier molecular flexibility index (Phi) is 1.29. The van der Waals surface area contributed by atoms with Crippen LogP contribution in [0.5, 0.6) is 0 Å². The number of thiazole rings is 1. The molecule has 0 bridgehead atoms. The molecule has 10 heavy (non-hydrogen) atoms. The second-order valence-corrected chi connectivity index (χ2v) is 2.51. The highest BCUT2D eigenvalue weighted by Gasteiger charge is 1.99. The van der Waals surface area contributed by atoms with E-state index in [1.807, 2.05) is 11.4 Å². The summed E-state index contributed by atoms with van der Waals surface area (Å²) in [5.74, 6) is 0.779. The van der Waals surface area contributed by atoms with Gasteiger partial charge in [0.1, 0.15) is 5.69 Å². The van der Waals surface area contributed by atoms with Gasteiger partial charge in [-0.3, -0.25) is 0 Å². The highest BCUT2D eigenvalue weighted by atomic mass is 32.1. The van der Waals surface area contributed by atoms with E-state index in [0.29, 0.717) is 0 Å². The molecule has 2 heterocycles. The van der Waals surface area contributed by atoms with Crippen molar-refractivity contribution in [3.05, 3.63) is 29.3 Å². The average Bonchev–Trinajstić information content (AvgIpc) is 2.59. The second kappa shape index (κ2) is 2.27. The summed E-state index contributed by atoms with van der Waals surface area (Å²) in [6, 6.07) is 3.57. The molecule has 0 saturated carbocycles. The molecule has 0 atom stereocenters. The number of hydrogen-bond acceptors (Lipinski definition) is 3. The highest BCUT2D eigenvalue weighted by Crippen LogP contribution is 2.17. The first-order valence-corrected chi connectivity index (χ1v) is 3.75. The van der Waals surface area contributed by atoms with E-state index < -0.39 is 0 Å². The lowest BCUT2D eigenvalue weighted by Crippen LogP contribution is -1.68. The van der Waals surface area contributed by atoms with Crippen molar-refractivity contribution in [1.82, 2.24) is 4.98 Å². The molecule has 0 aliphatic carbocycles. The van der Waals surface area contributed by atoms with Crippen LogP contribution in [-0.4, -0.2) is 4.98 Å². The largest absolute Gasteiger partial charge is 0.451 e. The van der Waals surface area contributed by atoms with E-state index in [0.717, 1.165) is 11.5 Å². The summed E-state index contributed by atoms with van der Waals surface area (Å²) in [5, 5.41) is 1.94. The molecule has 2 rings (SSSR count). The van der Waals surface area contributed by atoms with Gasteiger partial charge in [-0.15, -0.1) is 11.3 Å². The fraction of sp³-hybridized carbons (Fsp3) is 0. The number of furan rings is 1. The van der Waals surface area contributed by atoms with Gasteiger partial charge in [0.2, 0.25) is 0 Å². The van der Waals surface area contributed by atoms with Crippen LogP contribution in [0.15, 0.2) is 27.4 Å². The Balaban J connectivity index is 2.48. The highest BCUT2D eigenvalue weighted by molar-refractivity contribution is 7.07. The van der Waals surface area contributed by atoms with Crippen molar-refractivity contribution in [1.29, 1.82) is 0 Å². The molecule has 2 aromatic rings. The first-order valence-electron chi connectivity index (χ1n) is 2.81. The quantitative estimate of drug-likeness (QED) is 0.622. The summed E-state index contributed by atoms with van der Waals surface area (Å²) in [5.41, 5.74) is 2.66. The van der Waals surface area contributed by atoms with E-state index in [-0.39, 0.29) is 0 Å². The molecule has 0 aliphatic heterocycles. The van der Waals surface area contributed by atoms with Crippen molar-refractivity contribution in [2.24, 2.45) is 0 Å². The summed E-state index contributed by atoms with van der Waals surface area (Å²) >= 11 is 1.55. The number of aromatic nitrogens is 1. The summed E-state index contributed by atoms with van der Waals surface area (Å²) in [6.07, 6.45) is 2.61. The molecule has 0 N–H and O–H groups in total. The Morgan fingerprint density at radius 3 is 3.20 bits per heavy atom. The predicted octanol–water partition coefficient (Wildman–Crippen LogP) is 2.20. The van der Waals surface area contributed by atoms with Crippen molar-refractivity contribution in [3.63, 3.8) is 0 Å². The Morgan fingerprint density at radius 1 is 1.60 bits per heavy atom. The van der Waals surface area contributed by atoms with Crippen molar-refractivity contribution >= 4 is 11.3 Å². The van der Waals surface area contributed by atoms with E-state index in [9.17, 15) is 0 Å². The van der Waals surface area contributed by atoms with Crippen LogP contribution >= 0.6 is 11.3 Å². The lowest BCUT2D eigenvalue weighted by atomic mass is 10.4. The third-order valence-corrected chi connectivity index (χ3v) is 1.74. The van der Waals surface area contributed by atoms with Gasteiger partial charge in [0, 0.05) is 5.38 Å². The fourth-order valence-electron chi connectivity index (χ4n) is 0.713. The van der Waals surface area contributed by atoms with Crippen molar-refractivity contribution in [2.45, 2.75) is 0 Å². The van der Waals surface area contributed by atoms with Crippen molar-refractivity contribution in [2.75, 3.05) is 0 Å². The van der Waals surface area contributed by atoms with Gasteiger partial charge in [-0.2, -0.15) is 0 Å². The molecule has 0 aromatic carbocycles. The normalized spacial score (nSPS) is 10.0. The molecular formula is C7H4NOS. The van der Waals surface area contributed by atoms with Crippen LogP contribution < -0.4 is 0 Å². The summed E-state index contributed by atoms with van der Waals surface area (Å²) in [7, 11) is 0. The van der Waals surface area contributed by atoms with Crippen molar-refractivity contribution < 1.29 is 4.42 Å². The monoisotopic (exact) mass is 150 g/mol. The smallest absolute Gasteiger partial charge is 0.170 e. The standard InChI is InChI=1S/C7H4NOS/c1-2-7(9-3-1)6-4-10-5-8-6/h1-2,4-5H. The van der Waals surface area contributed by atoms with Crippen LogP contribution in [0.4, 0.5) is 0 Å². The van der Waals surface area contributed by atoms with Gasteiger partial charge in [0.05, 0.1) is 5.51 Å². The molecule has 0 spiro atoms. The molecule has 0 aliphatic rings. The number of hydrogen-bond donors (Lipinski definition) is 0. The van der Waals surface area contributed by atoms with Gasteiger partial charge in [-0.1, -0.05) is 0 Å². The predicted molar refractivity (Wildman–Crippen MR) is 38.7 cm³/mol. The fourth-order valence-corrected chi connectivity index (χ4v) is 1.25. The van der Waals surface area contributed by atoms with E-state index in [4.69, 9.17) is 4.42 Å². The van der Waals surface area contributed by atoms with E-state index >= 15 is 0 Å². The van der Waals surface area contributed by atoms with E-state index in [1.54, 1.807) is 22.9 Å². The van der Waals surface area contributed by atoms with Crippen LogP contribution in [-0.2, 0) is 0 Å². The van der Waals surface area contributed by atoms with Gasteiger partial charge >= 0.3 is 0 Å². The third kappa shape index (κ3) is 0.844. The molecule has 0 amide bonds. The molecule has 1 radical (unpaired) electrons. The van der Waals surface area contributed by atoms with E-state index in [1.165, 1.54) is 0 Å². The Hall–Kier alpha value is -1.09. The van der Waals surface area contributed by atoms with Gasteiger partial charge < -0.3 is 4.42 Å². The van der Waals surface area contributed by atoms with Crippen LogP contribution in [0.2, 0.25) is 0 Å². The zero-order valence-corrected chi connectivity index (χ0v) is 5.89. The minimum atomic E-state index is 0.779. The maximum atomic E-state index is 5.00. The Labute approximate surface area is 62.1 Å². The maximum absolute atomic E-state index is 5.00. The molecule has 0 saturated heterocycles. The lowest BCUT2D eigenvalue weighted by molar-refractivity contribution is 0.571. The molecule has 2 nitrogen and oxygen atoms in total. The minimum Gasteiger partial charge on any atom is -0.451 e. The zero-order valence-electron chi connectivity index (χ0n) is 5.07. The molecule has 49 valence electrons. The third-order valence-electron chi connectivity index (χ3n) is 1.16. The number of nitrogens with zero attached hydrogens (tertiary/aromatic N) is 1. The first kappa shape index (κ1) is 5.68. The number of rotatable bonds is 1. The van der Waals surface area contributed by atoms with Crippen LogP contribution in [0.3, 0.4) is 0 Å². The summed E-state index contributed by atoms with van der Waals surface area (Å²) in [4.78, 5) is 4.06. The van der Waals surface area contributed by atoms with Gasteiger partial charge in [0.25, 0.3) is 0 Å². The van der Waals surface area contributed by atoms with Crippen LogP contribution in [0.25, 0.3) is 11.5 Å². The summed E-state index contributed by atoms with van der Waals surface area (Å²) < 4.78 is 5.00. The molecule has 3 heteroatoms. The Morgan fingerprint density at radius 2 is 2.60 bits per heavy atom. The second-order valence-electron chi connectivity index (χ2n) is 1.79. The average molecular weight is 150 g/mol. The zero-order chi connectivity index (χ0) is 6.81. The molecular weight excluding hydrogens is 146 g/mol. The van der Waals surface area contributed by atoms with Crippen LogP contribution in [0, 0.1) is 6.26 Å². The molecule has 0 unspecified atom stereocenters.